The lowest BCUT2D eigenvalue weighted by molar-refractivity contribution is -0.219. The number of ether oxygens (including phenoxy) is 1. The second-order valence-electron chi connectivity index (χ2n) is 17.7. The molecule has 0 aromatic carbocycles. The third-order valence-corrected chi connectivity index (χ3v) is 15.9. The Kier molecular flexibility index (Phi) is 7.72. The smallest absolute Gasteiger partial charge is 0.308 e. The van der Waals surface area contributed by atoms with Gasteiger partial charge in [-0.3, -0.25) is 4.79 Å². The van der Waals surface area contributed by atoms with E-state index in [1.54, 1.807) is 5.57 Å². The van der Waals surface area contributed by atoms with Gasteiger partial charge in [0.15, 0.2) is 0 Å². The van der Waals surface area contributed by atoms with Crippen LogP contribution in [0.1, 0.15) is 138 Å². The highest BCUT2D eigenvalue weighted by Gasteiger charge is 2.70. The molecule has 0 amide bonds. The number of nitrogens with two attached hydrogens (primary N) is 1. The summed E-state index contributed by atoms with van der Waals surface area (Å²) in [6, 6.07) is 0. The minimum Gasteiger partial charge on any atom is -0.466 e. The molecule has 0 saturated heterocycles. The van der Waals surface area contributed by atoms with Gasteiger partial charge in [0.1, 0.15) is 0 Å². The van der Waals surface area contributed by atoms with Crippen LogP contribution < -0.4 is 5.73 Å². The van der Waals surface area contributed by atoms with Crippen LogP contribution in [0.25, 0.3) is 0 Å². The lowest BCUT2D eigenvalue weighted by atomic mass is 9.33. The third-order valence-electron chi connectivity index (χ3n) is 15.9. The lowest BCUT2D eigenvalue weighted by Gasteiger charge is -2.72. The maximum Gasteiger partial charge on any atom is 0.308 e. The highest BCUT2D eigenvalue weighted by atomic mass is 16.5. The SMILES string of the molecule is C=C(C)[C@@H]1CC[C@]2(N)CC[C@]3(C)[C@H](CC[C@@H]4[C@@]5(C)CC=C(CC6CCC(C(=O)OCC)CC6)C(C)(C)[C@@H]5CC[C@]43C)[C@@H]12. The molecule has 3 nitrogen and oxygen atoms in total. The van der Waals surface area contributed by atoms with Crippen LogP contribution in [0.2, 0.25) is 0 Å². The summed E-state index contributed by atoms with van der Waals surface area (Å²) in [4.78, 5) is 12.3. The van der Waals surface area contributed by atoms with E-state index in [4.69, 9.17) is 10.5 Å². The van der Waals surface area contributed by atoms with Gasteiger partial charge in [0, 0.05) is 5.54 Å². The van der Waals surface area contributed by atoms with Crippen LogP contribution in [0.5, 0.6) is 0 Å². The molecule has 236 valence electrons. The molecule has 5 fully saturated rings. The fourth-order valence-corrected chi connectivity index (χ4v) is 13.4. The van der Waals surface area contributed by atoms with Crippen molar-refractivity contribution in [2.45, 2.75) is 144 Å². The van der Waals surface area contributed by atoms with E-state index in [1.807, 2.05) is 6.92 Å². The first-order valence-corrected chi connectivity index (χ1v) is 18.0. The topological polar surface area (TPSA) is 52.3 Å². The van der Waals surface area contributed by atoms with Gasteiger partial charge in [-0.25, -0.2) is 0 Å². The summed E-state index contributed by atoms with van der Waals surface area (Å²) in [6.45, 7) is 22.6. The molecule has 6 aliphatic rings. The van der Waals surface area contributed by atoms with E-state index in [2.05, 4.69) is 54.2 Å². The Balaban J connectivity index is 1.22. The first-order chi connectivity index (χ1) is 19.7. The second kappa shape index (κ2) is 10.5. The molecule has 42 heavy (non-hydrogen) atoms. The average molecular weight is 578 g/mol. The number of allylic oxidation sites excluding steroid dienone is 3. The minimum atomic E-state index is 0.0378. The molecule has 0 aromatic rings. The molecule has 0 heterocycles. The first kappa shape index (κ1) is 30.9. The van der Waals surface area contributed by atoms with Crippen LogP contribution >= 0.6 is 0 Å². The molecular weight excluding hydrogens is 514 g/mol. The van der Waals surface area contributed by atoms with Gasteiger partial charge in [0.2, 0.25) is 0 Å². The standard InChI is InChI=1S/C39H63NO2/c1-9-42-34(41)27-12-10-26(11-13-27)24-28-16-19-36(6)31(35(28,4)5)18-20-38(8)32(36)15-14-30-33-29(25(2)3)17-21-39(33,40)23-22-37(30,38)7/h16,26-27,29-33H,2,9-15,17-24,40H2,1,3-8H3/t26?,27?,29-,30+,31-,32+,33+,36-,37+,38+,39-/m0/s1. The third kappa shape index (κ3) is 4.39. The molecule has 0 radical (unpaired) electrons. The van der Waals surface area contributed by atoms with E-state index in [9.17, 15) is 4.79 Å². The molecule has 6 rings (SSSR count). The van der Waals surface area contributed by atoms with Crippen molar-refractivity contribution in [1.29, 1.82) is 0 Å². The first-order valence-electron chi connectivity index (χ1n) is 18.0. The Morgan fingerprint density at radius 3 is 2.29 bits per heavy atom. The van der Waals surface area contributed by atoms with Gasteiger partial charge in [-0.05, 0) is 161 Å². The normalized spacial score (nSPS) is 49.5. The zero-order chi connectivity index (χ0) is 30.3. The van der Waals surface area contributed by atoms with Crippen LogP contribution in [0.3, 0.4) is 0 Å². The fraction of sp³-hybridized carbons (Fsp3) is 0.872. The Hall–Kier alpha value is -1.09. The predicted octanol–water partition coefficient (Wildman–Crippen LogP) is 9.65. The van der Waals surface area contributed by atoms with Crippen LogP contribution in [0.4, 0.5) is 0 Å². The Labute approximate surface area is 258 Å². The number of rotatable bonds is 5. The van der Waals surface area contributed by atoms with E-state index in [0.717, 1.165) is 36.5 Å². The summed E-state index contributed by atoms with van der Waals surface area (Å²) < 4.78 is 5.34. The van der Waals surface area contributed by atoms with Crippen molar-refractivity contribution in [3.8, 4) is 0 Å². The predicted molar refractivity (Wildman–Crippen MR) is 174 cm³/mol. The molecule has 0 spiro atoms. The van der Waals surface area contributed by atoms with Crippen molar-refractivity contribution in [2.75, 3.05) is 6.61 Å². The van der Waals surface area contributed by atoms with Gasteiger partial charge in [0.05, 0.1) is 12.5 Å². The molecule has 3 heteroatoms. The van der Waals surface area contributed by atoms with Crippen LogP contribution in [-0.4, -0.2) is 18.1 Å². The molecule has 0 aliphatic heterocycles. The van der Waals surface area contributed by atoms with Crippen molar-refractivity contribution < 1.29 is 9.53 Å². The summed E-state index contributed by atoms with van der Waals surface area (Å²) in [5, 5.41) is 0. The fourth-order valence-electron chi connectivity index (χ4n) is 13.4. The minimum absolute atomic E-state index is 0.0378. The van der Waals surface area contributed by atoms with Crippen molar-refractivity contribution >= 4 is 5.97 Å². The largest absolute Gasteiger partial charge is 0.466 e. The number of carbonyl (C=O) groups excluding carboxylic acids is 1. The van der Waals surface area contributed by atoms with Crippen molar-refractivity contribution in [3.05, 3.63) is 23.8 Å². The van der Waals surface area contributed by atoms with E-state index in [1.165, 1.54) is 82.6 Å². The lowest BCUT2D eigenvalue weighted by Crippen LogP contribution is -2.67. The average Bonchev–Trinajstić information content (AvgIpc) is 3.29. The van der Waals surface area contributed by atoms with E-state index >= 15 is 0 Å². The molecular formula is C39H63NO2. The van der Waals surface area contributed by atoms with Crippen LogP contribution in [0.15, 0.2) is 23.8 Å². The summed E-state index contributed by atoms with van der Waals surface area (Å²) >= 11 is 0. The van der Waals surface area contributed by atoms with Gasteiger partial charge in [-0.1, -0.05) is 58.4 Å². The van der Waals surface area contributed by atoms with Gasteiger partial charge in [0.25, 0.3) is 0 Å². The van der Waals surface area contributed by atoms with Crippen LogP contribution in [0, 0.1) is 63.1 Å². The van der Waals surface area contributed by atoms with Gasteiger partial charge in [-0.15, -0.1) is 0 Å². The number of esters is 1. The quantitative estimate of drug-likeness (QED) is 0.261. The van der Waals surface area contributed by atoms with Gasteiger partial charge >= 0.3 is 5.97 Å². The van der Waals surface area contributed by atoms with E-state index in [-0.39, 0.29) is 22.8 Å². The molecule has 9 atom stereocenters. The van der Waals surface area contributed by atoms with Crippen molar-refractivity contribution in [1.82, 2.24) is 0 Å². The number of hydrogen-bond donors (Lipinski definition) is 1. The van der Waals surface area contributed by atoms with Crippen molar-refractivity contribution in [3.63, 3.8) is 0 Å². The van der Waals surface area contributed by atoms with Crippen molar-refractivity contribution in [2.24, 2.45) is 68.8 Å². The summed E-state index contributed by atoms with van der Waals surface area (Å²) in [5.41, 5.74) is 11.8. The molecule has 0 unspecified atom stereocenters. The number of hydrogen-bond acceptors (Lipinski definition) is 3. The molecule has 0 bridgehead atoms. The maximum absolute atomic E-state index is 12.3. The van der Waals surface area contributed by atoms with E-state index in [0.29, 0.717) is 34.7 Å². The Morgan fingerprint density at radius 2 is 1.62 bits per heavy atom. The Morgan fingerprint density at radius 1 is 0.905 bits per heavy atom. The zero-order valence-corrected chi connectivity index (χ0v) is 28.3. The van der Waals surface area contributed by atoms with Gasteiger partial charge < -0.3 is 10.5 Å². The van der Waals surface area contributed by atoms with E-state index < -0.39 is 0 Å². The summed E-state index contributed by atoms with van der Waals surface area (Å²) in [7, 11) is 0. The van der Waals surface area contributed by atoms with Crippen LogP contribution in [-0.2, 0) is 9.53 Å². The summed E-state index contributed by atoms with van der Waals surface area (Å²) in [5.74, 6) is 4.43. The second-order valence-corrected chi connectivity index (χ2v) is 17.7. The number of fused-ring (bicyclic) bond motifs is 7. The highest BCUT2D eigenvalue weighted by Crippen LogP contribution is 2.76. The molecule has 2 N–H and O–H groups in total. The molecule has 0 aromatic heterocycles. The van der Waals surface area contributed by atoms with Gasteiger partial charge in [-0.2, -0.15) is 0 Å². The number of carbonyl (C=O) groups is 1. The molecule has 5 saturated carbocycles. The summed E-state index contributed by atoms with van der Waals surface area (Å²) in [6.07, 6.45) is 20.1. The zero-order valence-electron chi connectivity index (χ0n) is 28.3. The molecule has 6 aliphatic carbocycles. The maximum atomic E-state index is 12.3. The highest BCUT2D eigenvalue weighted by molar-refractivity contribution is 5.72. The Bertz CT molecular complexity index is 1110. The monoisotopic (exact) mass is 577 g/mol.